The van der Waals surface area contributed by atoms with E-state index < -0.39 is 17.8 Å². The number of alkyl halides is 3. The second-order valence-corrected chi connectivity index (χ2v) is 7.20. The number of nitrogens with zero attached hydrogens (tertiary/aromatic N) is 4. The lowest BCUT2D eigenvalue weighted by Gasteiger charge is -2.22. The van der Waals surface area contributed by atoms with Gasteiger partial charge in [0.1, 0.15) is 17.1 Å². The maximum atomic E-state index is 12.6. The maximum Gasteiger partial charge on any atom is 0.417 e. The summed E-state index contributed by atoms with van der Waals surface area (Å²) in [7, 11) is 0. The molecule has 0 N–H and O–H groups in total. The molecule has 2 heterocycles. The Hall–Kier alpha value is -3.40. The van der Waals surface area contributed by atoms with Crippen molar-refractivity contribution in [2.45, 2.75) is 26.4 Å². The average molecular weight is 481 g/mol. The van der Waals surface area contributed by atoms with Crippen molar-refractivity contribution in [3.63, 3.8) is 0 Å². The predicted molar refractivity (Wildman–Crippen MR) is 116 cm³/mol. The smallest absolute Gasteiger partial charge is 0.417 e. The summed E-state index contributed by atoms with van der Waals surface area (Å²) in [5.41, 5.74) is 0.559. The van der Waals surface area contributed by atoms with Crippen molar-refractivity contribution in [1.29, 1.82) is 0 Å². The van der Waals surface area contributed by atoms with Gasteiger partial charge < -0.3 is 9.47 Å². The molecule has 1 amide bonds. The zero-order valence-electron chi connectivity index (χ0n) is 17.8. The topological polar surface area (TPSA) is 77.4 Å². The number of amides is 1. The molecule has 3 aromatic rings. The number of ether oxygens (including phenoxy) is 2. The van der Waals surface area contributed by atoms with Gasteiger partial charge in [0.25, 0.3) is 0 Å². The van der Waals surface area contributed by atoms with Gasteiger partial charge in [0.15, 0.2) is 5.82 Å². The number of carbonyl (C=O) groups is 1. The van der Waals surface area contributed by atoms with Crippen LogP contribution < -0.4 is 9.64 Å². The Balaban J connectivity index is 1.67. The molecule has 0 unspecified atom stereocenters. The van der Waals surface area contributed by atoms with Crippen LogP contribution in [-0.4, -0.2) is 34.2 Å². The first kappa shape index (κ1) is 24.2. The third-order valence-electron chi connectivity index (χ3n) is 4.52. The van der Waals surface area contributed by atoms with E-state index in [1.54, 1.807) is 38.1 Å². The minimum Gasteiger partial charge on any atom is -0.449 e. The van der Waals surface area contributed by atoms with Crippen molar-refractivity contribution in [2.24, 2.45) is 0 Å². The van der Waals surface area contributed by atoms with E-state index in [1.165, 1.54) is 11.2 Å². The minimum absolute atomic E-state index is 0.0398. The summed E-state index contributed by atoms with van der Waals surface area (Å²) >= 11 is 6.29. The van der Waals surface area contributed by atoms with Gasteiger partial charge in [-0.2, -0.15) is 13.2 Å². The molecule has 3 rings (SSSR count). The van der Waals surface area contributed by atoms with E-state index in [4.69, 9.17) is 21.1 Å². The van der Waals surface area contributed by atoms with Crippen LogP contribution >= 0.6 is 11.6 Å². The summed E-state index contributed by atoms with van der Waals surface area (Å²) in [6.07, 6.45) is -2.54. The van der Waals surface area contributed by atoms with E-state index in [1.807, 2.05) is 0 Å². The van der Waals surface area contributed by atoms with Crippen LogP contribution in [0.15, 0.2) is 48.9 Å². The zero-order chi connectivity index (χ0) is 24.0. The highest BCUT2D eigenvalue weighted by atomic mass is 35.5. The highest BCUT2D eigenvalue weighted by Crippen LogP contribution is 2.30. The standard InChI is InChI=1S/C22H20ClF3N4O3/c1-3-32-21(31)30(20-19(23)14(2)28-13-29-20)11-10-15-4-7-17(8-5-15)33-18-9-6-16(12-27-18)22(24,25)26/h4-9,12-13H,3,10-11H2,1-2H3. The Kier molecular flexibility index (Phi) is 7.70. The van der Waals surface area contributed by atoms with Gasteiger partial charge in [0.2, 0.25) is 5.88 Å². The number of aromatic nitrogens is 3. The van der Waals surface area contributed by atoms with Gasteiger partial charge >= 0.3 is 12.3 Å². The van der Waals surface area contributed by atoms with Crippen LogP contribution in [0.25, 0.3) is 0 Å². The van der Waals surface area contributed by atoms with E-state index >= 15 is 0 Å². The average Bonchev–Trinajstić information content (AvgIpc) is 2.78. The SMILES string of the molecule is CCOC(=O)N(CCc1ccc(Oc2ccc(C(F)(F)F)cn2)cc1)c1ncnc(C)c1Cl. The molecule has 0 atom stereocenters. The van der Waals surface area contributed by atoms with Gasteiger partial charge in [0.05, 0.1) is 17.9 Å². The molecule has 11 heteroatoms. The highest BCUT2D eigenvalue weighted by molar-refractivity contribution is 6.34. The Morgan fingerprint density at radius 3 is 2.42 bits per heavy atom. The van der Waals surface area contributed by atoms with Crippen LogP contribution in [0.4, 0.5) is 23.8 Å². The van der Waals surface area contributed by atoms with Gasteiger partial charge in [-0.25, -0.2) is 19.7 Å². The summed E-state index contributed by atoms with van der Waals surface area (Å²) < 4.78 is 48.5. The van der Waals surface area contributed by atoms with Crippen molar-refractivity contribution in [1.82, 2.24) is 15.0 Å². The normalized spacial score (nSPS) is 11.2. The molecule has 33 heavy (non-hydrogen) atoms. The number of halogens is 4. The first-order valence-corrected chi connectivity index (χ1v) is 10.3. The lowest BCUT2D eigenvalue weighted by molar-refractivity contribution is -0.137. The van der Waals surface area contributed by atoms with E-state index in [-0.39, 0.29) is 29.9 Å². The molecular weight excluding hydrogens is 461 g/mol. The van der Waals surface area contributed by atoms with Crippen LogP contribution in [0, 0.1) is 6.92 Å². The third kappa shape index (κ3) is 6.32. The second-order valence-electron chi connectivity index (χ2n) is 6.83. The second kappa shape index (κ2) is 10.5. The molecule has 0 aliphatic carbocycles. The predicted octanol–water partition coefficient (Wildman–Crippen LogP) is 5.85. The quantitative estimate of drug-likeness (QED) is 0.422. The van der Waals surface area contributed by atoms with E-state index in [0.29, 0.717) is 24.1 Å². The molecule has 0 bridgehead atoms. The van der Waals surface area contributed by atoms with Gasteiger partial charge in [-0.3, -0.25) is 4.90 Å². The molecule has 0 spiro atoms. The van der Waals surface area contributed by atoms with Crippen LogP contribution in [0.2, 0.25) is 5.02 Å². The molecular formula is C22H20ClF3N4O3. The minimum atomic E-state index is -4.46. The fraction of sp³-hybridized carbons (Fsp3) is 0.273. The number of aryl methyl sites for hydroxylation is 1. The molecule has 1 aromatic carbocycles. The third-order valence-corrected chi connectivity index (χ3v) is 4.97. The van der Waals surface area contributed by atoms with Crippen molar-refractivity contribution >= 4 is 23.5 Å². The van der Waals surface area contributed by atoms with Gasteiger partial charge in [-0.15, -0.1) is 0 Å². The fourth-order valence-electron chi connectivity index (χ4n) is 2.81. The molecule has 0 aliphatic rings. The largest absolute Gasteiger partial charge is 0.449 e. The Morgan fingerprint density at radius 2 is 1.82 bits per heavy atom. The summed E-state index contributed by atoms with van der Waals surface area (Å²) in [4.78, 5) is 25.6. The summed E-state index contributed by atoms with van der Waals surface area (Å²) in [5, 5.41) is 0.262. The lowest BCUT2D eigenvalue weighted by Crippen LogP contribution is -2.34. The van der Waals surface area contributed by atoms with Crippen LogP contribution in [0.5, 0.6) is 11.6 Å². The number of pyridine rings is 1. The Labute approximate surface area is 193 Å². The van der Waals surface area contributed by atoms with Gasteiger partial charge in [-0.05, 0) is 44.0 Å². The van der Waals surface area contributed by atoms with Gasteiger partial charge in [-0.1, -0.05) is 23.7 Å². The fourth-order valence-corrected chi connectivity index (χ4v) is 3.01. The molecule has 174 valence electrons. The molecule has 2 aromatic heterocycles. The number of hydrogen-bond acceptors (Lipinski definition) is 6. The number of carbonyl (C=O) groups excluding carboxylic acids is 1. The van der Waals surface area contributed by atoms with Crippen LogP contribution in [-0.2, 0) is 17.3 Å². The van der Waals surface area contributed by atoms with Crippen molar-refractivity contribution in [3.05, 3.63) is 70.8 Å². The van der Waals surface area contributed by atoms with Crippen LogP contribution in [0.3, 0.4) is 0 Å². The monoisotopic (exact) mass is 480 g/mol. The van der Waals surface area contributed by atoms with Crippen molar-refractivity contribution < 1.29 is 27.4 Å². The Bertz CT molecular complexity index is 1090. The maximum absolute atomic E-state index is 12.6. The van der Waals surface area contributed by atoms with E-state index in [0.717, 1.165) is 17.7 Å². The molecule has 0 saturated carbocycles. The van der Waals surface area contributed by atoms with E-state index in [2.05, 4.69) is 15.0 Å². The summed E-state index contributed by atoms with van der Waals surface area (Å²) in [5.74, 6) is 0.705. The van der Waals surface area contributed by atoms with Gasteiger partial charge in [0, 0.05) is 18.8 Å². The number of hydrogen-bond donors (Lipinski definition) is 0. The number of anilines is 1. The number of benzene rings is 1. The highest BCUT2D eigenvalue weighted by Gasteiger charge is 2.30. The van der Waals surface area contributed by atoms with Crippen molar-refractivity contribution in [2.75, 3.05) is 18.1 Å². The molecule has 0 saturated heterocycles. The first-order chi connectivity index (χ1) is 15.7. The molecule has 0 radical (unpaired) electrons. The molecule has 7 nitrogen and oxygen atoms in total. The first-order valence-electron chi connectivity index (χ1n) is 9.90. The number of rotatable bonds is 7. The molecule has 0 aliphatic heterocycles. The zero-order valence-corrected chi connectivity index (χ0v) is 18.5. The molecule has 0 fully saturated rings. The van der Waals surface area contributed by atoms with Crippen molar-refractivity contribution in [3.8, 4) is 11.6 Å². The van der Waals surface area contributed by atoms with Crippen LogP contribution in [0.1, 0.15) is 23.7 Å². The summed E-state index contributed by atoms with van der Waals surface area (Å²) in [6.45, 7) is 3.85. The van der Waals surface area contributed by atoms with E-state index in [9.17, 15) is 18.0 Å². The lowest BCUT2D eigenvalue weighted by atomic mass is 10.1. The Morgan fingerprint density at radius 1 is 1.09 bits per heavy atom. The summed E-state index contributed by atoms with van der Waals surface area (Å²) in [6, 6.07) is 8.92.